The smallest absolute Gasteiger partial charge is 0.337 e. The molecule has 0 aliphatic carbocycles. The molecular weight excluding hydrogens is 400 g/mol. The Labute approximate surface area is 193 Å². The Morgan fingerprint density at radius 1 is 0.625 bits per heavy atom. The van der Waals surface area contributed by atoms with Crippen LogP contribution in [0.2, 0.25) is 0 Å². The third-order valence-electron chi connectivity index (χ3n) is 6.47. The van der Waals surface area contributed by atoms with Gasteiger partial charge < -0.3 is 10.2 Å². The van der Waals surface area contributed by atoms with Gasteiger partial charge in [-0.1, -0.05) is 65.5 Å². The molecule has 0 aliphatic rings. The van der Waals surface area contributed by atoms with Gasteiger partial charge in [-0.25, -0.2) is 9.59 Å². The molecule has 4 heteroatoms. The normalized spacial score (nSPS) is 11.2. The summed E-state index contributed by atoms with van der Waals surface area (Å²) >= 11 is 0. The number of carboxylic acid groups (broad SMARTS) is 2. The summed E-state index contributed by atoms with van der Waals surface area (Å²) < 4.78 is 0. The first-order chi connectivity index (χ1) is 15.4. The van der Waals surface area contributed by atoms with Crippen LogP contribution in [0.5, 0.6) is 0 Å². The van der Waals surface area contributed by atoms with Gasteiger partial charge in [-0.3, -0.25) is 0 Å². The number of hydrogen-bond acceptors (Lipinski definition) is 2. The molecule has 0 atom stereocenters. The van der Waals surface area contributed by atoms with Crippen LogP contribution in [0.1, 0.15) is 122 Å². The maximum absolute atomic E-state index is 12.4. The van der Waals surface area contributed by atoms with E-state index < -0.39 is 11.9 Å². The van der Waals surface area contributed by atoms with E-state index in [1.807, 2.05) is 6.07 Å². The van der Waals surface area contributed by atoms with E-state index in [1.54, 1.807) is 0 Å². The Morgan fingerprint density at radius 2 is 1.09 bits per heavy atom. The second-order valence-corrected chi connectivity index (χ2v) is 8.86. The molecular formula is C28H40O4. The number of fused-ring (bicyclic) bond motifs is 1. The third kappa shape index (κ3) is 5.70. The third-order valence-corrected chi connectivity index (χ3v) is 6.47. The lowest BCUT2D eigenvalue weighted by Gasteiger charge is -2.23. The zero-order valence-electron chi connectivity index (χ0n) is 20.4. The van der Waals surface area contributed by atoms with Gasteiger partial charge in [0.05, 0.1) is 11.1 Å². The summed E-state index contributed by atoms with van der Waals surface area (Å²) in [5.74, 6) is -2.27. The van der Waals surface area contributed by atoms with Crippen LogP contribution in [0.15, 0.2) is 12.1 Å². The number of aromatic carboxylic acids is 2. The molecule has 2 aromatic carbocycles. The molecule has 2 aromatic rings. The number of unbranched alkanes of at least 4 members (excludes halogenated alkanes) is 4. The van der Waals surface area contributed by atoms with Crippen LogP contribution in [0.25, 0.3) is 10.8 Å². The van der Waals surface area contributed by atoms with Crippen molar-refractivity contribution < 1.29 is 19.8 Å². The lowest BCUT2D eigenvalue weighted by Crippen LogP contribution is -2.16. The summed E-state index contributed by atoms with van der Waals surface area (Å²) in [6, 6.07) is 3.93. The van der Waals surface area contributed by atoms with Crippen molar-refractivity contribution in [3.05, 3.63) is 45.5 Å². The van der Waals surface area contributed by atoms with Crippen molar-refractivity contribution in [1.29, 1.82) is 0 Å². The van der Waals surface area contributed by atoms with Gasteiger partial charge in [0.2, 0.25) is 0 Å². The van der Waals surface area contributed by atoms with Gasteiger partial charge in [-0.05, 0) is 84.4 Å². The van der Waals surface area contributed by atoms with Gasteiger partial charge in [0, 0.05) is 0 Å². The molecule has 0 bridgehead atoms. The fraction of sp³-hybridized carbons (Fsp3) is 0.571. The SMILES string of the molecule is CCCCc1ccc2c(C(=O)O)c(C(=O)O)c(CCCC)c(CCCC)c2c1CCCC. The quantitative estimate of drug-likeness (QED) is 0.317. The molecule has 0 saturated carbocycles. The zero-order chi connectivity index (χ0) is 23.7. The van der Waals surface area contributed by atoms with Crippen molar-refractivity contribution >= 4 is 22.7 Å². The number of aryl methyl sites for hydroxylation is 3. The fourth-order valence-electron chi connectivity index (χ4n) is 4.79. The second kappa shape index (κ2) is 12.6. The Kier molecular flexibility index (Phi) is 10.2. The maximum Gasteiger partial charge on any atom is 0.337 e. The van der Waals surface area contributed by atoms with Crippen molar-refractivity contribution in [3.63, 3.8) is 0 Å². The van der Waals surface area contributed by atoms with E-state index in [0.717, 1.165) is 87.1 Å². The zero-order valence-corrected chi connectivity index (χ0v) is 20.4. The number of benzene rings is 2. The molecule has 2 N–H and O–H groups in total. The molecule has 0 fully saturated rings. The molecule has 32 heavy (non-hydrogen) atoms. The Balaban J connectivity index is 3.05. The Hall–Kier alpha value is -2.36. The average Bonchev–Trinajstić information content (AvgIpc) is 2.77. The van der Waals surface area contributed by atoms with Crippen LogP contribution in [-0.4, -0.2) is 22.2 Å². The van der Waals surface area contributed by atoms with Crippen LogP contribution in [0.3, 0.4) is 0 Å². The van der Waals surface area contributed by atoms with Crippen LogP contribution in [-0.2, 0) is 25.7 Å². The van der Waals surface area contributed by atoms with E-state index in [0.29, 0.717) is 11.8 Å². The van der Waals surface area contributed by atoms with E-state index in [1.165, 1.54) is 11.1 Å². The lowest BCUT2D eigenvalue weighted by atomic mass is 9.80. The van der Waals surface area contributed by atoms with Crippen LogP contribution < -0.4 is 0 Å². The van der Waals surface area contributed by atoms with Gasteiger partial charge in [0.1, 0.15) is 0 Å². The molecule has 0 aliphatic heterocycles. The monoisotopic (exact) mass is 440 g/mol. The van der Waals surface area contributed by atoms with E-state index in [2.05, 4.69) is 33.8 Å². The van der Waals surface area contributed by atoms with E-state index in [9.17, 15) is 19.8 Å². The van der Waals surface area contributed by atoms with Crippen molar-refractivity contribution in [2.24, 2.45) is 0 Å². The van der Waals surface area contributed by atoms with Crippen molar-refractivity contribution in [3.8, 4) is 0 Å². The highest BCUT2D eigenvalue weighted by molar-refractivity contribution is 6.14. The van der Waals surface area contributed by atoms with E-state index in [-0.39, 0.29) is 11.1 Å². The minimum absolute atomic E-state index is 0.00676. The number of carboxylic acids is 2. The highest BCUT2D eigenvalue weighted by atomic mass is 16.4. The summed E-state index contributed by atoms with van der Waals surface area (Å²) in [6.45, 7) is 8.58. The first kappa shape index (κ1) is 25.9. The van der Waals surface area contributed by atoms with Crippen molar-refractivity contribution in [1.82, 2.24) is 0 Å². The molecule has 2 rings (SSSR count). The minimum Gasteiger partial charge on any atom is -0.478 e. The second-order valence-electron chi connectivity index (χ2n) is 8.86. The topological polar surface area (TPSA) is 74.6 Å². The molecule has 176 valence electrons. The first-order valence-electron chi connectivity index (χ1n) is 12.5. The predicted molar refractivity (Wildman–Crippen MR) is 132 cm³/mol. The highest BCUT2D eigenvalue weighted by Crippen LogP contribution is 2.37. The predicted octanol–water partition coefficient (Wildman–Crippen LogP) is 7.61. The Bertz CT molecular complexity index is 943. The highest BCUT2D eigenvalue weighted by Gasteiger charge is 2.28. The molecule has 0 saturated heterocycles. The first-order valence-corrected chi connectivity index (χ1v) is 12.5. The summed E-state index contributed by atoms with van der Waals surface area (Å²) in [5.41, 5.74) is 4.36. The molecule has 0 amide bonds. The molecule has 4 nitrogen and oxygen atoms in total. The molecule has 0 radical (unpaired) electrons. The van der Waals surface area contributed by atoms with E-state index >= 15 is 0 Å². The average molecular weight is 441 g/mol. The summed E-state index contributed by atoms with van der Waals surface area (Å²) in [5, 5.41) is 21.9. The summed E-state index contributed by atoms with van der Waals surface area (Å²) in [7, 11) is 0. The van der Waals surface area contributed by atoms with Gasteiger partial charge >= 0.3 is 11.9 Å². The van der Waals surface area contributed by atoms with Crippen molar-refractivity contribution in [2.75, 3.05) is 0 Å². The van der Waals surface area contributed by atoms with Gasteiger partial charge in [0.15, 0.2) is 0 Å². The summed E-state index contributed by atoms with van der Waals surface area (Å²) in [4.78, 5) is 24.8. The van der Waals surface area contributed by atoms with Crippen molar-refractivity contribution in [2.45, 2.75) is 105 Å². The largest absolute Gasteiger partial charge is 0.478 e. The fourth-order valence-corrected chi connectivity index (χ4v) is 4.79. The standard InChI is InChI=1S/C28H40O4/c1-5-9-13-19-17-18-23-24(20(19)14-10-6-2)21(15-11-7-3)22(16-12-8-4)25(27(29)30)26(23)28(31)32/h17-18H,5-16H2,1-4H3,(H,29,30)(H,31,32). The van der Waals surface area contributed by atoms with Gasteiger partial charge in [-0.15, -0.1) is 0 Å². The molecule has 0 spiro atoms. The maximum atomic E-state index is 12.4. The summed E-state index contributed by atoms with van der Waals surface area (Å²) in [6.07, 6.45) is 11.4. The van der Waals surface area contributed by atoms with Crippen LogP contribution in [0.4, 0.5) is 0 Å². The number of rotatable bonds is 14. The lowest BCUT2D eigenvalue weighted by molar-refractivity contribution is 0.0652. The van der Waals surface area contributed by atoms with Crippen LogP contribution >= 0.6 is 0 Å². The molecule has 0 unspecified atom stereocenters. The van der Waals surface area contributed by atoms with Gasteiger partial charge in [0.25, 0.3) is 0 Å². The molecule has 0 aromatic heterocycles. The minimum atomic E-state index is -1.14. The van der Waals surface area contributed by atoms with Gasteiger partial charge in [-0.2, -0.15) is 0 Å². The number of hydrogen-bond donors (Lipinski definition) is 2. The molecule has 0 heterocycles. The van der Waals surface area contributed by atoms with Crippen LogP contribution in [0, 0.1) is 0 Å². The number of carbonyl (C=O) groups is 2. The van der Waals surface area contributed by atoms with E-state index in [4.69, 9.17) is 0 Å². The Morgan fingerprint density at radius 3 is 1.59 bits per heavy atom.